The Morgan fingerprint density at radius 1 is 1.37 bits per heavy atom. The van der Waals surface area contributed by atoms with E-state index in [1.807, 2.05) is 42.2 Å². The van der Waals surface area contributed by atoms with Crippen LogP contribution in [-0.2, 0) is 0 Å². The highest BCUT2D eigenvalue weighted by molar-refractivity contribution is 7.80. The van der Waals surface area contributed by atoms with Gasteiger partial charge >= 0.3 is 0 Å². The molecule has 0 unspecified atom stereocenters. The molecule has 0 spiro atoms. The number of para-hydroxylation sites is 1. The number of hydrogen-bond donors (Lipinski definition) is 1. The van der Waals surface area contributed by atoms with Crippen LogP contribution in [-0.4, -0.2) is 38.3 Å². The van der Waals surface area contributed by atoms with E-state index < -0.39 is 0 Å². The summed E-state index contributed by atoms with van der Waals surface area (Å²) in [5, 5.41) is 11.9. The van der Waals surface area contributed by atoms with E-state index in [0.29, 0.717) is 23.9 Å². The highest BCUT2D eigenvalue weighted by Gasteiger charge is 2.14. The minimum atomic E-state index is 0.497. The molecule has 1 aromatic carbocycles. The third-order valence-electron chi connectivity index (χ3n) is 2.75. The molecule has 2 aromatic rings. The zero-order chi connectivity index (χ0) is 13.7. The lowest BCUT2D eigenvalue weighted by atomic mass is 10.3. The molecular weight excluding hydrogens is 260 g/mol. The molecule has 0 aliphatic heterocycles. The minimum absolute atomic E-state index is 0.497. The number of hydrogen-bond acceptors (Lipinski definition) is 5. The van der Waals surface area contributed by atoms with E-state index in [4.69, 9.17) is 18.0 Å². The molecule has 0 radical (unpaired) electrons. The first-order valence-corrected chi connectivity index (χ1v) is 6.50. The summed E-state index contributed by atoms with van der Waals surface area (Å²) in [4.78, 5) is 2.55. The molecule has 1 aromatic heterocycles. The van der Waals surface area contributed by atoms with Gasteiger partial charge in [0.25, 0.3) is 0 Å². The summed E-state index contributed by atoms with van der Waals surface area (Å²) in [6, 6.07) is 9.78. The Balaban J connectivity index is 2.25. The Hall–Kier alpha value is -2.02. The third-order valence-corrected chi connectivity index (χ3v) is 2.95. The van der Waals surface area contributed by atoms with E-state index in [2.05, 4.69) is 15.5 Å². The fourth-order valence-corrected chi connectivity index (χ4v) is 1.85. The van der Waals surface area contributed by atoms with Crippen LogP contribution in [0.3, 0.4) is 0 Å². The van der Waals surface area contributed by atoms with Crippen molar-refractivity contribution < 1.29 is 0 Å². The molecule has 2 N–H and O–H groups in total. The zero-order valence-corrected chi connectivity index (χ0v) is 11.5. The smallest absolute Gasteiger partial charge is 0.250 e. The third kappa shape index (κ3) is 3.25. The second-order valence-electron chi connectivity index (χ2n) is 4.02. The van der Waals surface area contributed by atoms with Gasteiger partial charge < -0.3 is 10.6 Å². The summed E-state index contributed by atoms with van der Waals surface area (Å²) < 4.78 is 1.71. The molecule has 6 nitrogen and oxygen atoms in total. The van der Waals surface area contributed by atoms with E-state index in [0.717, 1.165) is 12.2 Å². The van der Waals surface area contributed by atoms with Gasteiger partial charge in [0.2, 0.25) is 5.95 Å². The van der Waals surface area contributed by atoms with Crippen molar-refractivity contribution in [2.24, 2.45) is 5.73 Å². The molecule has 2 rings (SSSR count). The molecule has 0 atom stereocenters. The minimum Gasteiger partial charge on any atom is -0.393 e. The van der Waals surface area contributed by atoms with Crippen molar-refractivity contribution in [1.29, 1.82) is 0 Å². The van der Waals surface area contributed by atoms with Gasteiger partial charge in [-0.3, -0.25) is 0 Å². The molecule has 0 saturated heterocycles. The van der Waals surface area contributed by atoms with Crippen LogP contribution in [0.25, 0.3) is 5.69 Å². The van der Waals surface area contributed by atoms with Crippen LogP contribution in [0.2, 0.25) is 0 Å². The standard InChI is InChI=1S/C12H16N6S/c1-2-17(9-8-11(13)19)12-14-15-16-18(12)10-6-4-3-5-7-10/h3-7H,2,8-9H2,1H3,(H2,13,19). The highest BCUT2D eigenvalue weighted by Crippen LogP contribution is 2.15. The van der Waals surface area contributed by atoms with Crippen molar-refractivity contribution >= 4 is 23.2 Å². The Bertz CT molecular complexity index is 538. The van der Waals surface area contributed by atoms with Crippen molar-refractivity contribution in [3.8, 4) is 5.69 Å². The summed E-state index contributed by atoms with van der Waals surface area (Å²) in [5.74, 6) is 0.699. The number of rotatable bonds is 6. The van der Waals surface area contributed by atoms with Gasteiger partial charge in [0.1, 0.15) is 0 Å². The van der Waals surface area contributed by atoms with Crippen LogP contribution in [0.15, 0.2) is 30.3 Å². The zero-order valence-electron chi connectivity index (χ0n) is 10.7. The van der Waals surface area contributed by atoms with Gasteiger partial charge in [0, 0.05) is 19.5 Å². The van der Waals surface area contributed by atoms with Crippen molar-refractivity contribution in [2.45, 2.75) is 13.3 Å². The maximum atomic E-state index is 5.54. The first-order valence-electron chi connectivity index (χ1n) is 6.09. The number of anilines is 1. The van der Waals surface area contributed by atoms with E-state index in [1.54, 1.807) is 4.68 Å². The Morgan fingerprint density at radius 2 is 2.11 bits per heavy atom. The second kappa shape index (κ2) is 6.24. The summed E-state index contributed by atoms with van der Waals surface area (Å²) in [6.45, 7) is 3.54. The summed E-state index contributed by atoms with van der Waals surface area (Å²) in [7, 11) is 0. The number of aromatic nitrogens is 4. The summed E-state index contributed by atoms with van der Waals surface area (Å²) >= 11 is 4.91. The van der Waals surface area contributed by atoms with Crippen LogP contribution in [0.1, 0.15) is 13.3 Å². The van der Waals surface area contributed by atoms with Crippen LogP contribution in [0, 0.1) is 0 Å². The van der Waals surface area contributed by atoms with Crippen LogP contribution in [0.5, 0.6) is 0 Å². The second-order valence-corrected chi connectivity index (χ2v) is 4.55. The molecule has 19 heavy (non-hydrogen) atoms. The fourth-order valence-electron chi connectivity index (χ4n) is 1.76. The molecule has 0 fully saturated rings. The van der Waals surface area contributed by atoms with E-state index in [9.17, 15) is 0 Å². The quantitative estimate of drug-likeness (QED) is 0.798. The first-order chi connectivity index (χ1) is 9.22. The first kappa shape index (κ1) is 13.4. The topological polar surface area (TPSA) is 72.9 Å². The number of thiocarbonyl (C=S) groups is 1. The number of tetrazole rings is 1. The lowest BCUT2D eigenvalue weighted by molar-refractivity contribution is 0.750. The Labute approximate surface area is 117 Å². The van der Waals surface area contributed by atoms with Gasteiger partial charge in [-0.25, -0.2) is 0 Å². The number of nitrogens with two attached hydrogens (primary N) is 1. The summed E-state index contributed by atoms with van der Waals surface area (Å²) in [5.41, 5.74) is 6.47. The predicted octanol–water partition coefficient (Wildman–Crippen LogP) is 1.16. The van der Waals surface area contributed by atoms with Crippen LogP contribution < -0.4 is 10.6 Å². The SMILES string of the molecule is CCN(CCC(N)=S)c1nnnn1-c1ccccc1. The van der Waals surface area contributed by atoms with Crippen molar-refractivity contribution in [3.63, 3.8) is 0 Å². The van der Waals surface area contributed by atoms with Gasteiger partial charge in [0.15, 0.2) is 0 Å². The van der Waals surface area contributed by atoms with Gasteiger partial charge in [-0.1, -0.05) is 35.5 Å². The molecule has 0 aliphatic carbocycles. The van der Waals surface area contributed by atoms with Crippen molar-refractivity contribution in [1.82, 2.24) is 20.2 Å². The monoisotopic (exact) mass is 276 g/mol. The molecule has 1 heterocycles. The lowest BCUT2D eigenvalue weighted by Crippen LogP contribution is -2.29. The average molecular weight is 276 g/mol. The maximum Gasteiger partial charge on any atom is 0.250 e. The van der Waals surface area contributed by atoms with Gasteiger partial charge in [-0.15, -0.1) is 0 Å². The normalized spacial score (nSPS) is 10.4. The Kier molecular flexibility index (Phi) is 4.40. The maximum absolute atomic E-state index is 5.54. The van der Waals surface area contributed by atoms with Crippen molar-refractivity contribution in [3.05, 3.63) is 30.3 Å². The van der Waals surface area contributed by atoms with Crippen LogP contribution >= 0.6 is 12.2 Å². The van der Waals surface area contributed by atoms with E-state index in [1.165, 1.54) is 0 Å². The molecule has 100 valence electrons. The molecular formula is C12H16N6S. The van der Waals surface area contributed by atoms with E-state index in [-0.39, 0.29) is 0 Å². The Morgan fingerprint density at radius 3 is 2.74 bits per heavy atom. The van der Waals surface area contributed by atoms with Gasteiger partial charge in [0.05, 0.1) is 10.7 Å². The largest absolute Gasteiger partial charge is 0.393 e. The van der Waals surface area contributed by atoms with Gasteiger partial charge in [-0.2, -0.15) is 4.68 Å². The number of benzene rings is 1. The number of nitrogens with zero attached hydrogens (tertiary/aromatic N) is 5. The molecule has 0 bridgehead atoms. The predicted molar refractivity (Wildman–Crippen MR) is 78.4 cm³/mol. The molecule has 0 aliphatic rings. The fraction of sp³-hybridized carbons (Fsp3) is 0.333. The lowest BCUT2D eigenvalue weighted by Gasteiger charge is -2.20. The molecule has 7 heteroatoms. The average Bonchev–Trinajstić information content (AvgIpc) is 2.89. The van der Waals surface area contributed by atoms with Crippen molar-refractivity contribution in [2.75, 3.05) is 18.0 Å². The van der Waals surface area contributed by atoms with Gasteiger partial charge in [-0.05, 0) is 29.5 Å². The summed E-state index contributed by atoms with van der Waals surface area (Å²) in [6.07, 6.45) is 0.644. The van der Waals surface area contributed by atoms with Crippen LogP contribution in [0.4, 0.5) is 5.95 Å². The highest BCUT2D eigenvalue weighted by atomic mass is 32.1. The molecule has 0 saturated carbocycles. The van der Waals surface area contributed by atoms with E-state index >= 15 is 0 Å². The molecule has 0 amide bonds.